The van der Waals surface area contributed by atoms with Crippen molar-refractivity contribution in [2.75, 3.05) is 18.0 Å². The van der Waals surface area contributed by atoms with Crippen molar-refractivity contribution in [3.05, 3.63) is 36.0 Å². The van der Waals surface area contributed by atoms with E-state index in [-0.39, 0.29) is 0 Å². The highest BCUT2D eigenvalue weighted by Gasteiger charge is 2.28. The molecule has 0 spiro atoms. The molecule has 1 aromatic carbocycles. The van der Waals surface area contributed by atoms with Gasteiger partial charge in [-0.15, -0.1) is 0 Å². The summed E-state index contributed by atoms with van der Waals surface area (Å²) in [5, 5.41) is 10.4. The molecule has 0 bridgehead atoms. The van der Waals surface area contributed by atoms with Gasteiger partial charge in [-0.3, -0.25) is 4.98 Å². The van der Waals surface area contributed by atoms with Crippen molar-refractivity contribution < 1.29 is 0 Å². The van der Waals surface area contributed by atoms with Gasteiger partial charge in [-0.2, -0.15) is 5.26 Å². The second-order valence-corrected chi connectivity index (χ2v) is 5.51. The van der Waals surface area contributed by atoms with Crippen molar-refractivity contribution >= 4 is 16.6 Å². The van der Waals surface area contributed by atoms with Gasteiger partial charge in [0.25, 0.3) is 0 Å². The van der Waals surface area contributed by atoms with Crippen molar-refractivity contribution in [3.63, 3.8) is 0 Å². The Hall–Kier alpha value is -2.08. The summed E-state index contributed by atoms with van der Waals surface area (Å²) in [7, 11) is 0. The lowest BCUT2D eigenvalue weighted by atomic mass is 10.0. The molecule has 1 aliphatic rings. The van der Waals surface area contributed by atoms with Crippen molar-refractivity contribution in [3.8, 4) is 6.07 Å². The summed E-state index contributed by atoms with van der Waals surface area (Å²) in [6.07, 6.45) is 1.70. The Morgan fingerprint density at radius 2 is 1.89 bits per heavy atom. The molecule has 19 heavy (non-hydrogen) atoms. The zero-order chi connectivity index (χ0) is 13.4. The molecule has 3 rings (SSSR count). The molecule has 0 N–H and O–H groups in total. The number of fused-ring (bicyclic) bond motifs is 1. The van der Waals surface area contributed by atoms with Gasteiger partial charge in [0.1, 0.15) is 6.07 Å². The van der Waals surface area contributed by atoms with Crippen molar-refractivity contribution in [1.82, 2.24) is 4.98 Å². The van der Waals surface area contributed by atoms with E-state index in [4.69, 9.17) is 0 Å². The zero-order valence-corrected chi connectivity index (χ0v) is 11.3. The van der Waals surface area contributed by atoms with Crippen LogP contribution in [0.3, 0.4) is 0 Å². The van der Waals surface area contributed by atoms with Crippen LogP contribution in [0.2, 0.25) is 0 Å². The van der Waals surface area contributed by atoms with E-state index in [9.17, 15) is 5.26 Å². The zero-order valence-electron chi connectivity index (χ0n) is 11.3. The first-order valence-corrected chi connectivity index (χ1v) is 6.73. The standard InChI is InChI=1S/C16H17N3/c1-11-9-19(10-12(11)2)16-13(7-17)8-18-15-6-4-3-5-14(15)16/h3-6,8,11-12H,9-10H2,1-2H3. The number of nitrogens with zero attached hydrogens (tertiary/aromatic N) is 3. The smallest absolute Gasteiger partial charge is 0.103 e. The third-order valence-electron chi connectivity index (χ3n) is 4.17. The number of pyridine rings is 1. The van der Waals surface area contributed by atoms with Gasteiger partial charge in [0, 0.05) is 24.7 Å². The Morgan fingerprint density at radius 3 is 2.58 bits per heavy atom. The van der Waals surface area contributed by atoms with Crippen LogP contribution in [0.5, 0.6) is 0 Å². The lowest BCUT2D eigenvalue weighted by molar-refractivity contribution is 0.494. The molecule has 1 aromatic heterocycles. The second-order valence-electron chi connectivity index (χ2n) is 5.51. The molecule has 0 amide bonds. The molecular formula is C16H17N3. The van der Waals surface area contributed by atoms with E-state index in [1.54, 1.807) is 6.20 Å². The Kier molecular flexibility index (Phi) is 2.87. The van der Waals surface area contributed by atoms with Gasteiger partial charge >= 0.3 is 0 Å². The average Bonchev–Trinajstić information content (AvgIpc) is 2.77. The molecule has 0 radical (unpaired) electrons. The first-order chi connectivity index (χ1) is 9.20. The van der Waals surface area contributed by atoms with Crippen LogP contribution in [0, 0.1) is 23.2 Å². The molecule has 0 saturated carbocycles. The minimum atomic E-state index is 0.665. The van der Waals surface area contributed by atoms with Crippen LogP contribution < -0.4 is 4.90 Å². The Balaban J connectivity index is 2.18. The van der Waals surface area contributed by atoms with Gasteiger partial charge in [-0.1, -0.05) is 32.0 Å². The number of nitriles is 1. The number of hydrogen-bond acceptors (Lipinski definition) is 3. The van der Waals surface area contributed by atoms with E-state index >= 15 is 0 Å². The summed E-state index contributed by atoms with van der Waals surface area (Å²) < 4.78 is 0. The van der Waals surface area contributed by atoms with E-state index in [0.717, 1.165) is 29.7 Å². The lowest BCUT2D eigenvalue weighted by Gasteiger charge is -2.21. The molecule has 3 nitrogen and oxygen atoms in total. The van der Waals surface area contributed by atoms with Crippen LogP contribution in [0.15, 0.2) is 30.5 Å². The van der Waals surface area contributed by atoms with E-state index < -0.39 is 0 Å². The predicted molar refractivity (Wildman–Crippen MR) is 77.0 cm³/mol. The number of aromatic nitrogens is 1. The molecule has 2 atom stereocenters. The molecule has 1 saturated heterocycles. The van der Waals surface area contributed by atoms with Gasteiger partial charge in [-0.05, 0) is 17.9 Å². The Morgan fingerprint density at radius 1 is 1.21 bits per heavy atom. The Labute approximate surface area is 113 Å². The first kappa shape index (κ1) is 12.0. The molecule has 1 aliphatic heterocycles. The van der Waals surface area contributed by atoms with Crippen LogP contribution in [-0.4, -0.2) is 18.1 Å². The molecule has 2 aromatic rings. The van der Waals surface area contributed by atoms with Crippen molar-refractivity contribution in [2.24, 2.45) is 11.8 Å². The SMILES string of the molecule is CC1CN(c2c(C#N)cnc3ccccc23)CC1C. The van der Waals surface area contributed by atoms with Crippen molar-refractivity contribution in [1.29, 1.82) is 5.26 Å². The summed E-state index contributed by atoms with van der Waals surface area (Å²) in [4.78, 5) is 6.72. The van der Waals surface area contributed by atoms with Crippen LogP contribution in [0.1, 0.15) is 19.4 Å². The highest BCUT2D eigenvalue weighted by molar-refractivity contribution is 5.94. The molecule has 2 heterocycles. The third kappa shape index (κ3) is 1.94. The molecule has 96 valence electrons. The summed E-state index contributed by atoms with van der Waals surface area (Å²) in [5.74, 6) is 1.33. The van der Waals surface area contributed by atoms with E-state index in [2.05, 4.69) is 35.9 Å². The summed E-state index contributed by atoms with van der Waals surface area (Å²) in [6, 6.07) is 10.4. The minimum Gasteiger partial charge on any atom is -0.369 e. The summed E-state index contributed by atoms with van der Waals surface area (Å²) in [5.41, 5.74) is 2.70. The molecule has 3 heteroatoms. The molecule has 0 aliphatic carbocycles. The Bertz CT molecular complexity index is 647. The molecule has 2 unspecified atom stereocenters. The monoisotopic (exact) mass is 251 g/mol. The van der Waals surface area contributed by atoms with Crippen LogP contribution >= 0.6 is 0 Å². The highest BCUT2D eigenvalue weighted by atomic mass is 15.2. The topological polar surface area (TPSA) is 39.9 Å². The first-order valence-electron chi connectivity index (χ1n) is 6.73. The summed E-state index contributed by atoms with van der Waals surface area (Å²) >= 11 is 0. The quantitative estimate of drug-likeness (QED) is 0.781. The van der Waals surface area contributed by atoms with E-state index in [1.807, 2.05) is 18.2 Å². The number of benzene rings is 1. The average molecular weight is 251 g/mol. The van der Waals surface area contributed by atoms with Crippen LogP contribution in [0.25, 0.3) is 10.9 Å². The number of para-hydroxylation sites is 1. The minimum absolute atomic E-state index is 0.665. The maximum Gasteiger partial charge on any atom is 0.103 e. The largest absolute Gasteiger partial charge is 0.369 e. The van der Waals surface area contributed by atoms with E-state index in [1.165, 1.54) is 0 Å². The summed E-state index contributed by atoms with van der Waals surface area (Å²) in [6.45, 7) is 6.59. The van der Waals surface area contributed by atoms with Gasteiger partial charge in [0.15, 0.2) is 0 Å². The van der Waals surface area contributed by atoms with Crippen LogP contribution in [-0.2, 0) is 0 Å². The number of anilines is 1. The van der Waals surface area contributed by atoms with Crippen LogP contribution in [0.4, 0.5) is 5.69 Å². The normalized spacial score (nSPS) is 22.7. The van der Waals surface area contributed by atoms with E-state index in [0.29, 0.717) is 17.4 Å². The fourth-order valence-electron chi connectivity index (χ4n) is 2.86. The van der Waals surface area contributed by atoms with Crippen molar-refractivity contribution in [2.45, 2.75) is 13.8 Å². The fourth-order valence-corrected chi connectivity index (χ4v) is 2.86. The maximum absolute atomic E-state index is 9.35. The predicted octanol–water partition coefficient (Wildman–Crippen LogP) is 3.20. The molecular weight excluding hydrogens is 234 g/mol. The number of hydrogen-bond donors (Lipinski definition) is 0. The second kappa shape index (κ2) is 4.55. The van der Waals surface area contributed by atoms with Gasteiger partial charge in [0.2, 0.25) is 0 Å². The highest BCUT2D eigenvalue weighted by Crippen LogP contribution is 2.34. The van der Waals surface area contributed by atoms with Gasteiger partial charge in [-0.25, -0.2) is 0 Å². The fraction of sp³-hybridized carbons (Fsp3) is 0.375. The van der Waals surface area contributed by atoms with Gasteiger partial charge in [0.05, 0.1) is 16.8 Å². The maximum atomic E-state index is 9.35. The lowest BCUT2D eigenvalue weighted by Crippen LogP contribution is -2.21. The third-order valence-corrected chi connectivity index (χ3v) is 4.17. The van der Waals surface area contributed by atoms with Gasteiger partial charge < -0.3 is 4.90 Å². The number of rotatable bonds is 1. The molecule has 1 fully saturated rings.